The molecule has 0 aliphatic heterocycles. The van der Waals surface area contributed by atoms with Gasteiger partial charge in [0.05, 0.1) is 6.42 Å². The summed E-state index contributed by atoms with van der Waals surface area (Å²) >= 11 is 0. The van der Waals surface area contributed by atoms with Crippen molar-refractivity contribution in [2.45, 2.75) is 58.9 Å². The minimum Gasteiger partial charge on any atom is -0.384 e. The molecule has 0 saturated heterocycles. The Labute approximate surface area is 156 Å². The molecule has 0 unspecified atom stereocenters. The van der Waals surface area contributed by atoms with Gasteiger partial charge in [-0.2, -0.15) is 0 Å². The summed E-state index contributed by atoms with van der Waals surface area (Å²) in [7, 11) is 0. The molecular formula is C20H32N4O2. The van der Waals surface area contributed by atoms with Crippen molar-refractivity contribution in [2.75, 3.05) is 6.54 Å². The van der Waals surface area contributed by atoms with E-state index in [1.54, 1.807) is 12.1 Å². The van der Waals surface area contributed by atoms with Gasteiger partial charge in [-0.25, -0.2) is 0 Å². The van der Waals surface area contributed by atoms with E-state index in [4.69, 9.17) is 11.1 Å². The van der Waals surface area contributed by atoms with E-state index in [1.165, 1.54) is 0 Å². The number of hydrogen-bond donors (Lipinski definition) is 4. The Hall–Kier alpha value is -2.37. The van der Waals surface area contributed by atoms with Crippen molar-refractivity contribution in [1.29, 1.82) is 5.41 Å². The monoisotopic (exact) mass is 360 g/mol. The summed E-state index contributed by atoms with van der Waals surface area (Å²) in [5.41, 5.74) is 6.95. The average molecular weight is 361 g/mol. The van der Waals surface area contributed by atoms with E-state index >= 15 is 0 Å². The van der Waals surface area contributed by atoms with E-state index in [0.29, 0.717) is 30.9 Å². The Morgan fingerprint density at radius 1 is 1.15 bits per heavy atom. The maximum Gasteiger partial charge on any atom is 0.224 e. The second-order valence-corrected chi connectivity index (χ2v) is 7.05. The second-order valence-electron chi connectivity index (χ2n) is 7.05. The SMILES string of the molecule is CC[C@@H](CCCNC(=O)Cc1ccc(C(=N)N)cc1)NC(=O)CC(C)C. The lowest BCUT2D eigenvalue weighted by atomic mass is 10.1. The van der Waals surface area contributed by atoms with Crippen LogP contribution in [0.15, 0.2) is 24.3 Å². The number of rotatable bonds is 11. The third-order valence-electron chi connectivity index (χ3n) is 4.13. The molecule has 6 nitrogen and oxygen atoms in total. The van der Waals surface area contributed by atoms with Crippen LogP contribution in [-0.4, -0.2) is 30.2 Å². The van der Waals surface area contributed by atoms with Crippen molar-refractivity contribution < 1.29 is 9.59 Å². The lowest BCUT2D eigenvalue weighted by Crippen LogP contribution is -2.36. The lowest BCUT2D eigenvalue weighted by Gasteiger charge is -2.18. The molecule has 5 N–H and O–H groups in total. The quantitative estimate of drug-likeness (QED) is 0.276. The fraction of sp³-hybridized carbons (Fsp3) is 0.550. The zero-order valence-corrected chi connectivity index (χ0v) is 16.1. The molecule has 6 heteroatoms. The van der Waals surface area contributed by atoms with Gasteiger partial charge < -0.3 is 16.4 Å². The van der Waals surface area contributed by atoms with Crippen molar-refractivity contribution in [2.24, 2.45) is 11.7 Å². The number of benzene rings is 1. The van der Waals surface area contributed by atoms with Crippen LogP contribution in [0.5, 0.6) is 0 Å². The molecule has 0 bridgehead atoms. The van der Waals surface area contributed by atoms with Crippen molar-refractivity contribution in [1.82, 2.24) is 10.6 Å². The first-order valence-electron chi connectivity index (χ1n) is 9.31. The highest BCUT2D eigenvalue weighted by molar-refractivity contribution is 5.95. The number of nitrogen functional groups attached to an aromatic ring is 1. The summed E-state index contributed by atoms with van der Waals surface area (Å²) in [5, 5.41) is 13.3. The zero-order valence-electron chi connectivity index (χ0n) is 16.1. The van der Waals surface area contributed by atoms with E-state index in [2.05, 4.69) is 17.6 Å². The predicted molar refractivity (Wildman–Crippen MR) is 105 cm³/mol. The van der Waals surface area contributed by atoms with Gasteiger partial charge in [-0.05, 0) is 30.7 Å². The number of hydrogen-bond acceptors (Lipinski definition) is 3. The topological polar surface area (TPSA) is 108 Å². The highest BCUT2D eigenvalue weighted by Gasteiger charge is 2.11. The van der Waals surface area contributed by atoms with E-state index in [1.807, 2.05) is 26.0 Å². The summed E-state index contributed by atoms with van der Waals surface area (Å²) < 4.78 is 0. The molecule has 0 heterocycles. The van der Waals surface area contributed by atoms with Gasteiger partial charge in [-0.1, -0.05) is 45.0 Å². The van der Waals surface area contributed by atoms with Gasteiger partial charge in [0, 0.05) is 24.6 Å². The van der Waals surface area contributed by atoms with Crippen LogP contribution in [0, 0.1) is 11.3 Å². The summed E-state index contributed by atoms with van der Waals surface area (Å²) in [4.78, 5) is 23.8. The molecule has 0 radical (unpaired) electrons. The number of amides is 2. The summed E-state index contributed by atoms with van der Waals surface area (Å²) in [6.45, 7) is 6.72. The van der Waals surface area contributed by atoms with E-state index in [0.717, 1.165) is 24.8 Å². The summed E-state index contributed by atoms with van der Waals surface area (Å²) in [5.74, 6) is 0.450. The molecule has 0 spiro atoms. The highest BCUT2D eigenvalue weighted by atomic mass is 16.2. The molecule has 1 rings (SSSR count). The number of nitrogens with one attached hydrogen (secondary N) is 3. The Bertz CT molecular complexity index is 596. The first kappa shape index (κ1) is 21.7. The first-order valence-corrected chi connectivity index (χ1v) is 9.31. The van der Waals surface area contributed by atoms with Gasteiger partial charge in [0.1, 0.15) is 5.84 Å². The van der Waals surface area contributed by atoms with Gasteiger partial charge in [-0.15, -0.1) is 0 Å². The molecule has 26 heavy (non-hydrogen) atoms. The summed E-state index contributed by atoms with van der Waals surface area (Å²) in [6.07, 6.45) is 3.43. The fourth-order valence-electron chi connectivity index (χ4n) is 2.66. The highest BCUT2D eigenvalue weighted by Crippen LogP contribution is 2.06. The normalized spacial score (nSPS) is 11.8. The number of amidine groups is 1. The van der Waals surface area contributed by atoms with Crippen LogP contribution in [-0.2, 0) is 16.0 Å². The maximum absolute atomic E-state index is 12.0. The van der Waals surface area contributed by atoms with Crippen LogP contribution >= 0.6 is 0 Å². The third-order valence-corrected chi connectivity index (χ3v) is 4.13. The van der Waals surface area contributed by atoms with Gasteiger partial charge >= 0.3 is 0 Å². The molecule has 1 atom stereocenters. The van der Waals surface area contributed by atoms with Crippen LogP contribution in [0.25, 0.3) is 0 Å². The van der Waals surface area contributed by atoms with E-state index in [-0.39, 0.29) is 23.7 Å². The van der Waals surface area contributed by atoms with Crippen LogP contribution in [0.4, 0.5) is 0 Å². The zero-order chi connectivity index (χ0) is 19.5. The predicted octanol–water partition coefficient (Wildman–Crippen LogP) is 2.35. The van der Waals surface area contributed by atoms with Crippen molar-refractivity contribution in [3.8, 4) is 0 Å². The van der Waals surface area contributed by atoms with E-state index in [9.17, 15) is 9.59 Å². The van der Waals surface area contributed by atoms with Crippen LogP contribution < -0.4 is 16.4 Å². The third kappa shape index (κ3) is 8.65. The molecule has 144 valence electrons. The van der Waals surface area contributed by atoms with E-state index < -0.39 is 0 Å². The molecule has 0 aliphatic carbocycles. The number of nitrogens with two attached hydrogens (primary N) is 1. The number of carbonyl (C=O) groups is 2. The average Bonchev–Trinajstić information content (AvgIpc) is 2.57. The van der Waals surface area contributed by atoms with Crippen molar-refractivity contribution in [3.63, 3.8) is 0 Å². The summed E-state index contributed by atoms with van der Waals surface area (Å²) in [6, 6.07) is 7.28. The van der Waals surface area contributed by atoms with Crippen molar-refractivity contribution >= 4 is 17.6 Å². The van der Waals surface area contributed by atoms with Gasteiger partial charge in [0.25, 0.3) is 0 Å². The van der Waals surface area contributed by atoms with Gasteiger partial charge in [0.15, 0.2) is 0 Å². The van der Waals surface area contributed by atoms with Crippen LogP contribution in [0.1, 0.15) is 57.6 Å². The fourth-order valence-corrected chi connectivity index (χ4v) is 2.66. The smallest absolute Gasteiger partial charge is 0.224 e. The van der Waals surface area contributed by atoms with Crippen LogP contribution in [0.2, 0.25) is 0 Å². The molecule has 0 fully saturated rings. The number of carbonyl (C=O) groups excluding carboxylic acids is 2. The minimum absolute atomic E-state index is 0.0203. The minimum atomic E-state index is -0.0301. The first-order chi connectivity index (χ1) is 12.3. The molecular weight excluding hydrogens is 328 g/mol. The second kappa shape index (κ2) is 11.3. The molecule has 2 amide bonds. The lowest BCUT2D eigenvalue weighted by molar-refractivity contribution is -0.123. The molecule has 1 aromatic carbocycles. The Morgan fingerprint density at radius 3 is 2.35 bits per heavy atom. The molecule has 0 saturated carbocycles. The van der Waals surface area contributed by atoms with Crippen molar-refractivity contribution in [3.05, 3.63) is 35.4 Å². The Kier molecular flexibility index (Phi) is 9.41. The maximum atomic E-state index is 12.0. The Balaban J connectivity index is 2.27. The van der Waals surface area contributed by atoms with Gasteiger partial charge in [0.2, 0.25) is 11.8 Å². The largest absolute Gasteiger partial charge is 0.384 e. The molecule has 0 aliphatic rings. The standard InChI is InChI=1S/C20H32N4O2/c1-4-17(24-19(26)12-14(2)3)6-5-11-23-18(25)13-15-7-9-16(10-8-15)20(21)22/h7-10,14,17H,4-6,11-13H2,1-3H3,(H3,21,22)(H,23,25)(H,24,26)/t17-/m0/s1. The van der Waals surface area contributed by atoms with Crippen LogP contribution in [0.3, 0.4) is 0 Å². The molecule has 1 aromatic rings. The van der Waals surface area contributed by atoms with Gasteiger partial charge in [-0.3, -0.25) is 15.0 Å². The molecule has 0 aromatic heterocycles. The Morgan fingerprint density at radius 2 is 1.81 bits per heavy atom.